The van der Waals surface area contributed by atoms with E-state index in [1.165, 1.54) is 0 Å². The van der Waals surface area contributed by atoms with E-state index in [1.54, 1.807) is 6.20 Å². The third kappa shape index (κ3) is 3.00. The van der Waals surface area contributed by atoms with Gasteiger partial charge in [-0.1, -0.05) is 26.2 Å². The number of aryl methyl sites for hydroxylation is 1. The molecule has 1 aliphatic rings. The van der Waals surface area contributed by atoms with Crippen LogP contribution in [-0.2, 0) is 4.79 Å². The second-order valence-electron chi connectivity index (χ2n) is 6.47. The Morgan fingerprint density at radius 2 is 2.04 bits per heavy atom. The third-order valence-corrected chi connectivity index (χ3v) is 4.76. The van der Waals surface area contributed by atoms with Crippen LogP contribution in [0.1, 0.15) is 61.5 Å². The Morgan fingerprint density at radius 3 is 2.74 bits per heavy atom. The summed E-state index contributed by atoms with van der Waals surface area (Å²) in [5.41, 5.74) is 1.51. The standard InChI is InChI=1S/C18H23N3O2/c1-3-15(22)18(8-5-4-6-9-18)20-17(23)14-12-21-10-7-13(2)11-16(21)19-14/h7,10-12H,3-6,8-9H2,1-2H3,(H,20,23). The number of aromatic nitrogens is 2. The van der Waals surface area contributed by atoms with Gasteiger partial charge in [-0.3, -0.25) is 9.59 Å². The lowest BCUT2D eigenvalue weighted by Gasteiger charge is -2.36. The number of ketones is 1. The van der Waals surface area contributed by atoms with Crippen molar-refractivity contribution in [3.63, 3.8) is 0 Å². The monoisotopic (exact) mass is 313 g/mol. The lowest BCUT2D eigenvalue weighted by atomic mass is 9.77. The number of fused-ring (bicyclic) bond motifs is 1. The Morgan fingerprint density at radius 1 is 1.30 bits per heavy atom. The molecule has 2 aromatic heterocycles. The zero-order valence-corrected chi connectivity index (χ0v) is 13.8. The molecule has 2 heterocycles. The highest BCUT2D eigenvalue weighted by Crippen LogP contribution is 2.30. The van der Waals surface area contributed by atoms with Crippen molar-refractivity contribution in [2.45, 2.75) is 57.9 Å². The van der Waals surface area contributed by atoms with Crippen molar-refractivity contribution < 1.29 is 9.59 Å². The number of Topliss-reactive ketones (excluding diaryl/α,β-unsaturated/α-hetero) is 1. The van der Waals surface area contributed by atoms with Gasteiger partial charge in [0, 0.05) is 18.8 Å². The molecule has 0 aliphatic heterocycles. The number of hydrogen-bond acceptors (Lipinski definition) is 3. The molecule has 3 rings (SSSR count). The molecular formula is C18H23N3O2. The summed E-state index contributed by atoms with van der Waals surface area (Å²) in [7, 11) is 0. The number of amides is 1. The van der Waals surface area contributed by atoms with Gasteiger partial charge in [0.25, 0.3) is 5.91 Å². The van der Waals surface area contributed by atoms with Crippen LogP contribution in [0.25, 0.3) is 5.65 Å². The lowest BCUT2D eigenvalue weighted by Crippen LogP contribution is -2.55. The zero-order chi connectivity index (χ0) is 16.4. The van der Waals surface area contributed by atoms with Crippen LogP contribution >= 0.6 is 0 Å². The summed E-state index contributed by atoms with van der Waals surface area (Å²) in [6, 6.07) is 3.91. The first-order valence-electron chi connectivity index (χ1n) is 8.35. The van der Waals surface area contributed by atoms with Crippen molar-refractivity contribution in [1.29, 1.82) is 0 Å². The molecule has 0 atom stereocenters. The highest BCUT2D eigenvalue weighted by Gasteiger charge is 2.39. The normalized spacial score (nSPS) is 17.1. The van der Waals surface area contributed by atoms with E-state index < -0.39 is 5.54 Å². The summed E-state index contributed by atoms with van der Waals surface area (Å²) < 4.78 is 1.83. The molecule has 1 saturated carbocycles. The van der Waals surface area contributed by atoms with E-state index in [0.717, 1.165) is 43.3 Å². The maximum atomic E-state index is 12.7. The van der Waals surface area contributed by atoms with Crippen LogP contribution < -0.4 is 5.32 Å². The molecule has 5 nitrogen and oxygen atoms in total. The molecule has 5 heteroatoms. The van der Waals surface area contributed by atoms with Gasteiger partial charge >= 0.3 is 0 Å². The molecule has 0 bridgehead atoms. The molecule has 0 unspecified atom stereocenters. The highest BCUT2D eigenvalue weighted by atomic mass is 16.2. The Balaban J connectivity index is 1.86. The molecule has 2 aromatic rings. The third-order valence-electron chi connectivity index (χ3n) is 4.76. The maximum absolute atomic E-state index is 12.7. The number of pyridine rings is 1. The lowest BCUT2D eigenvalue weighted by molar-refractivity contribution is -0.126. The fourth-order valence-electron chi connectivity index (χ4n) is 3.44. The number of imidazole rings is 1. The van der Waals surface area contributed by atoms with Crippen molar-refractivity contribution in [3.05, 3.63) is 35.8 Å². The Kier molecular flexibility index (Phi) is 4.20. The van der Waals surface area contributed by atoms with E-state index in [4.69, 9.17) is 0 Å². The van der Waals surface area contributed by atoms with Gasteiger partial charge in [-0.05, 0) is 37.5 Å². The van der Waals surface area contributed by atoms with E-state index in [9.17, 15) is 9.59 Å². The van der Waals surface area contributed by atoms with Crippen molar-refractivity contribution in [2.24, 2.45) is 0 Å². The van der Waals surface area contributed by atoms with Crippen LogP contribution in [0.3, 0.4) is 0 Å². The Labute approximate surface area is 136 Å². The number of nitrogens with one attached hydrogen (secondary N) is 1. The summed E-state index contributed by atoms with van der Waals surface area (Å²) >= 11 is 0. The maximum Gasteiger partial charge on any atom is 0.272 e. The van der Waals surface area contributed by atoms with Crippen LogP contribution in [0, 0.1) is 6.92 Å². The highest BCUT2D eigenvalue weighted by molar-refractivity contribution is 5.99. The van der Waals surface area contributed by atoms with E-state index in [1.807, 2.05) is 36.6 Å². The second kappa shape index (κ2) is 6.14. The first kappa shape index (κ1) is 15.7. The number of rotatable bonds is 4. The van der Waals surface area contributed by atoms with Crippen molar-refractivity contribution in [1.82, 2.24) is 14.7 Å². The van der Waals surface area contributed by atoms with Gasteiger partial charge in [0.1, 0.15) is 11.3 Å². The topological polar surface area (TPSA) is 63.5 Å². The van der Waals surface area contributed by atoms with Crippen LogP contribution in [0.4, 0.5) is 0 Å². The average molecular weight is 313 g/mol. The quantitative estimate of drug-likeness (QED) is 0.943. The van der Waals surface area contributed by atoms with Gasteiger partial charge in [0.05, 0.1) is 5.54 Å². The van der Waals surface area contributed by atoms with Gasteiger partial charge < -0.3 is 9.72 Å². The summed E-state index contributed by atoms with van der Waals surface area (Å²) in [4.78, 5) is 29.5. The zero-order valence-electron chi connectivity index (χ0n) is 13.8. The van der Waals surface area contributed by atoms with Gasteiger partial charge in [0.2, 0.25) is 0 Å². The van der Waals surface area contributed by atoms with Gasteiger partial charge in [-0.15, -0.1) is 0 Å². The molecule has 1 aliphatic carbocycles. The molecule has 0 aromatic carbocycles. The van der Waals surface area contributed by atoms with E-state index >= 15 is 0 Å². The SMILES string of the molecule is CCC(=O)C1(NC(=O)c2cn3ccc(C)cc3n2)CCCCC1. The Bertz CT molecular complexity index is 742. The fourth-order valence-corrected chi connectivity index (χ4v) is 3.44. The summed E-state index contributed by atoms with van der Waals surface area (Å²) in [5.74, 6) is -0.125. The molecule has 23 heavy (non-hydrogen) atoms. The number of nitrogens with zero attached hydrogens (tertiary/aromatic N) is 2. The number of carbonyl (C=O) groups excluding carboxylic acids is 2. The van der Waals surface area contributed by atoms with E-state index in [-0.39, 0.29) is 11.7 Å². The molecule has 122 valence electrons. The van der Waals surface area contributed by atoms with Gasteiger partial charge in [-0.2, -0.15) is 0 Å². The first-order chi connectivity index (χ1) is 11.0. The van der Waals surface area contributed by atoms with Crippen LogP contribution in [0.5, 0.6) is 0 Å². The van der Waals surface area contributed by atoms with Gasteiger partial charge in [0.15, 0.2) is 5.78 Å². The molecule has 0 saturated heterocycles. The molecule has 1 fully saturated rings. The van der Waals surface area contributed by atoms with E-state index in [0.29, 0.717) is 12.1 Å². The summed E-state index contributed by atoms with van der Waals surface area (Å²) in [6.07, 6.45) is 8.62. The first-order valence-corrected chi connectivity index (χ1v) is 8.35. The summed E-state index contributed by atoms with van der Waals surface area (Å²) in [6.45, 7) is 3.85. The molecular weight excluding hydrogens is 290 g/mol. The summed E-state index contributed by atoms with van der Waals surface area (Å²) in [5, 5.41) is 3.01. The minimum atomic E-state index is -0.699. The second-order valence-corrected chi connectivity index (χ2v) is 6.47. The van der Waals surface area contributed by atoms with E-state index in [2.05, 4.69) is 10.3 Å². The average Bonchev–Trinajstić information content (AvgIpc) is 2.98. The van der Waals surface area contributed by atoms with Crippen LogP contribution in [-0.4, -0.2) is 26.6 Å². The molecule has 0 radical (unpaired) electrons. The largest absolute Gasteiger partial charge is 0.338 e. The van der Waals surface area contributed by atoms with Crippen molar-refractivity contribution in [3.8, 4) is 0 Å². The predicted molar refractivity (Wildman–Crippen MR) is 88.5 cm³/mol. The Hall–Kier alpha value is -2.17. The fraction of sp³-hybridized carbons (Fsp3) is 0.500. The molecule has 1 N–H and O–H groups in total. The van der Waals surface area contributed by atoms with Crippen molar-refractivity contribution in [2.75, 3.05) is 0 Å². The smallest absolute Gasteiger partial charge is 0.272 e. The molecule has 0 spiro atoms. The van der Waals surface area contributed by atoms with Crippen LogP contribution in [0.15, 0.2) is 24.5 Å². The molecule has 1 amide bonds. The minimum absolute atomic E-state index is 0.130. The van der Waals surface area contributed by atoms with Gasteiger partial charge in [-0.25, -0.2) is 4.98 Å². The van der Waals surface area contributed by atoms with Crippen LogP contribution in [0.2, 0.25) is 0 Å². The predicted octanol–water partition coefficient (Wildman–Crippen LogP) is 3.05. The van der Waals surface area contributed by atoms with Crippen molar-refractivity contribution >= 4 is 17.3 Å². The number of hydrogen-bond donors (Lipinski definition) is 1. The number of carbonyl (C=O) groups is 2. The minimum Gasteiger partial charge on any atom is -0.338 e.